The number of hydrogen-bond acceptors (Lipinski definition) is 4. The van der Waals surface area contributed by atoms with Crippen LogP contribution in [0, 0.1) is 0 Å². The smallest absolute Gasteiger partial charge is 0.134 e. The third-order valence-corrected chi connectivity index (χ3v) is 2.19. The number of anilines is 1. The Labute approximate surface area is 92.5 Å². The standard InChI is InChI=1S/C10H10ClN3O/c1-14(6-8-3-2-4-15-8)10-5-9(11)12-7-13-10/h2-5,7H,6H2,1H3. The number of rotatable bonds is 3. The first-order valence-corrected chi connectivity index (χ1v) is 4.84. The summed E-state index contributed by atoms with van der Waals surface area (Å²) in [5.41, 5.74) is 0. The molecule has 0 amide bonds. The minimum absolute atomic E-state index is 0.436. The Morgan fingerprint density at radius 1 is 1.47 bits per heavy atom. The van der Waals surface area contributed by atoms with Crippen LogP contribution in [0.15, 0.2) is 35.2 Å². The second kappa shape index (κ2) is 4.31. The first-order chi connectivity index (χ1) is 7.25. The zero-order valence-corrected chi connectivity index (χ0v) is 8.98. The van der Waals surface area contributed by atoms with Gasteiger partial charge in [0.2, 0.25) is 0 Å². The second-order valence-electron chi connectivity index (χ2n) is 3.13. The lowest BCUT2D eigenvalue weighted by molar-refractivity contribution is 0.507. The molecular formula is C10H10ClN3O. The molecule has 5 heteroatoms. The van der Waals surface area contributed by atoms with Crippen LogP contribution < -0.4 is 4.90 Å². The van der Waals surface area contributed by atoms with Crippen molar-refractivity contribution in [2.75, 3.05) is 11.9 Å². The minimum atomic E-state index is 0.436. The summed E-state index contributed by atoms with van der Waals surface area (Å²) in [7, 11) is 1.92. The highest BCUT2D eigenvalue weighted by Gasteiger charge is 2.05. The Bertz CT molecular complexity index is 430. The topological polar surface area (TPSA) is 42.2 Å². The fraction of sp³-hybridized carbons (Fsp3) is 0.200. The second-order valence-corrected chi connectivity index (χ2v) is 3.52. The first-order valence-electron chi connectivity index (χ1n) is 4.47. The Morgan fingerprint density at radius 3 is 3.00 bits per heavy atom. The van der Waals surface area contributed by atoms with Crippen LogP contribution in [-0.2, 0) is 6.54 Å². The van der Waals surface area contributed by atoms with Crippen molar-refractivity contribution in [3.63, 3.8) is 0 Å². The number of nitrogens with zero attached hydrogens (tertiary/aromatic N) is 3. The van der Waals surface area contributed by atoms with Crippen LogP contribution in [0.4, 0.5) is 5.82 Å². The van der Waals surface area contributed by atoms with Gasteiger partial charge in [-0.25, -0.2) is 9.97 Å². The summed E-state index contributed by atoms with van der Waals surface area (Å²) in [6, 6.07) is 5.49. The molecule has 2 aromatic rings. The molecule has 0 bridgehead atoms. The predicted octanol–water partition coefficient (Wildman–Crippen LogP) is 2.36. The minimum Gasteiger partial charge on any atom is -0.467 e. The zero-order valence-electron chi connectivity index (χ0n) is 8.22. The number of aromatic nitrogens is 2. The van der Waals surface area contributed by atoms with Crippen LogP contribution in [-0.4, -0.2) is 17.0 Å². The van der Waals surface area contributed by atoms with Crippen molar-refractivity contribution in [1.82, 2.24) is 9.97 Å². The van der Waals surface area contributed by atoms with Crippen LogP contribution in [0.2, 0.25) is 5.15 Å². The summed E-state index contributed by atoms with van der Waals surface area (Å²) in [6.45, 7) is 0.653. The van der Waals surface area contributed by atoms with Gasteiger partial charge in [-0.2, -0.15) is 0 Å². The van der Waals surface area contributed by atoms with E-state index in [0.717, 1.165) is 11.6 Å². The van der Waals surface area contributed by atoms with Gasteiger partial charge in [0.1, 0.15) is 23.1 Å². The van der Waals surface area contributed by atoms with Crippen LogP contribution in [0.3, 0.4) is 0 Å². The summed E-state index contributed by atoms with van der Waals surface area (Å²) in [4.78, 5) is 9.87. The van der Waals surface area contributed by atoms with E-state index in [1.807, 2.05) is 24.1 Å². The molecule has 0 aliphatic rings. The molecule has 4 nitrogen and oxygen atoms in total. The SMILES string of the molecule is CN(Cc1ccco1)c1cc(Cl)ncn1. The lowest BCUT2D eigenvalue weighted by atomic mass is 10.4. The fourth-order valence-corrected chi connectivity index (χ4v) is 1.39. The number of hydrogen-bond donors (Lipinski definition) is 0. The molecule has 0 unspecified atom stereocenters. The molecule has 0 atom stereocenters. The highest BCUT2D eigenvalue weighted by molar-refractivity contribution is 6.29. The third kappa shape index (κ3) is 2.47. The number of furan rings is 1. The summed E-state index contributed by atoms with van der Waals surface area (Å²) < 4.78 is 5.24. The van der Waals surface area contributed by atoms with Crippen LogP contribution in [0.1, 0.15) is 5.76 Å². The average molecular weight is 224 g/mol. The van der Waals surface area contributed by atoms with E-state index < -0.39 is 0 Å². The Morgan fingerprint density at radius 2 is 2.33 bits per heavy atom. The summed E-state index contributed by atoms with van der Waals surface area (Å²) in [5, 5.41) is 0.436. The van der Waals surface area contributed by atoms with Gasteiger partial charge in [-0.3, -0.25) is 0 Å². The van der Waals surface area contributed by atoms with Gasteiger partial charge in [0.25, 0.3) is 0 Å². The summed E-state index contributed by atoms with van der Waals surface area (Å²) >= 11 is 5.77. The maximum absolute atomic E-state index is 5.77. The van der Waals surface area contributed by atoms with Crippen molar-refractivity contribution in [2.24, 2.45) is 0 Å². The van der Waals surface area contributed by atoms with Crippen molar-refractivity contribution < 1.29 is 4.42 Å². The molecule has 0 fully saturated rings. The molecule has 0 saturated carbocycles. The number of halogens is 1. The monoisotopic (exact) mass is 223 g/mol. The zero-order chi connectivity index (χ0) is 10.7. The largest absolute Gasteiger partial charge is 0.467 e. The van der Waals surface area contributed by atoms with E-state index in [-0.39, 0.29) is 0 Å². The maximum Gasteiger partial charge on any atom is 0.134 e. The van der Waals surface area contributed by atoms with Gasteiger partial charge in [0.05, 0.1) is 12.8 Å². The van der Waals surface area contributed by atoms with Crippen molar-refractivity contribution in [1.29, 1.82) is 0 Å². The van der Waals surface area contributed by atoms with Crippen LogP contribution >= 0.6 is 11.6 Å². The third-order valence-electron chi connectivity index (χ3n) is 1.98. The molecule has 15 heavy (non-hydrogen) atoms. The van der Waals surface area contributed by atoms with Gasteiger partial charge in [-0.15, -0.1) is 0 Å². The van der Waals surface area contributed by atoms with E-state index in [9.17, 15) is 0 Å². The molecule has 2 rings (SSSR count). The van der Waals surface area contributed by atoms with Crippen molar-refractivity contribution >= 4 is 17.4 Å². The predicted molar refractivity (Wildman–Crippen MR) is 57.9 cm³/mol. The van der Waals surface area contributed by atoms with E-state index in [2.05, 4.69) is 9.97 Å². The van der Waals surface area contributed by atoms with Gasteiger partial charge < -0.3 is 9.32 Å². The molecule has 0 saturated heterocycles. The molecule has 2 heterocycles. The van der Waals surface area contributed by atoms with E-state index in [1.165, 1.54) is 6.33 Å². The maximum atomic E-state index is 5.77. The van der Waals surface area contributed by atoms with E-state index >= 15 is 0 Å². The van der Waals surface area contributed by atoms with Gasteiger partial charge in [-0.1, -0.05) is 11.6 Å². The lowest BCUT2D eigenvalue weighted by Crippen LogP contribution is -2.17. The van der Waals surface area contributed by atoms with E-state index in [1.54, 1.807) is 12.3 Å². The first kappa shape index (κ1) is 9.98. The van der Waals surface area contributed by atoms with Gasteiger partial charge in [0.15, 0.2) is 0 Å². The van der Waals surface area contributed by atoms with E-state index in [0.29, 0.717) is 11.7 Å². The Kier molecular flexibility index (Phi) is 2.87. The Balaban J connectivity index is 2.11. The molecule has 0 spiro atoms. The average Bonchev–Trinajstić information content (AvgIpc) is 2.70. The molecular weight excluding hydrogens is 214 g/mol. The molecule has 78 valence electrons. The lowest BCUT2D eigenvalue weighted by Gasteiger charge is -2.16. The fourth-order valence-electron chi connectivity index (χ4n) is 1.25. The summed E-state index contributed by atoms with van der Waals surface area (Å²) in [6.07, 6.45) is 3.09. The van der Waals surface area contributed by atoms with Crippen LogP contribution in [0.5, 0.6) is 0 Å². The molecule has 0 N–H and O–H groups in total. The quantitative estimate of drug-likeness (QED) is 0.750. The highest BCUT2D eigenvalue weighted by atomic mass is 35.5. The van der Waals surface area contributed by atoms with Crippen molar-refractivity contribution in [2.45, 2.75) is 6.54 Å². The molecule has 0 aromatic carbocycles. The van der Waals surface area contributed by atoms with Gasteiger partial charge in [0, 0.05) is 13.1 Å². The van der Waals surface area contributed by atoms with E-state index in [4.69, 9.17) is 16.0 Å². The van der Waals surface area contributed by atoms with Gasteiger partial charge >= 0.3 is 0 Å². The highest BCUT2D eigenvalue weighted by Crippen LogP contribution is 2.15. The van der Waals surface area contributed by atoms with Crippen LogP contribution in [0.25, 0.3) is 0 Å². The molecule has 0 aliphatic carbocycles. The molecule has 0 aliphatic heterocycles. The molecule has 2 aromatic heterocycles. The van der Waals surface area contributed by atoms with Crippen molar-refractivity contribution in [3.05, 3.63) is 41.7 Å². The normalized spacial score (nSPS) is 10.3. The summed E-state index contributed by atoms with van der Waals surface area (Å²) in [5.74, 6) is 1.65. The van der Waals surface area contributed by atoms with Crippen molar-refractivity contribution in [3.8, 4) is 0 Å². The molecule has 0 radical (unpaired) electrons. The Hall–Kier alpha value is -1.55. The van der Waals surface area contributed by atoms with Gasteiger partial charge in [-0.05, 0) is 12.1 Å².